The number of ether oxygens (including phenoxy) is 1. The van der Waals surface area contributed by atoms with Gasteiger partial charge in [0.15, 0.2) is 5.60 Å². The molecule has 0 N–H and O–H groups in total. The van der Waals surface area contributed by atoms with Gasteiger partial charge in [-0.2, -0.15) is 0 Å². The maximum absolute atomic E-state index is 13.5. The van der Waals surface area contributed by atoms with Crippen LogP contribution in [0.5, 0.6) is 0 Å². The molecule has 2 amide bonds. The molecule has 2 fully saturated rings. The molecule has 1 aromatic carbocycles. The fraction of sp³-hybridized carbons (Fsp3) is 0.500. The van der Waals surface area contributed by atoms with Gasteiger partial charge in [-0.15, -0.1) is 0 Å². The fourth-order valence-electron chi connectivity index (χ4n) is 5.09. The summed E-state index contributed by atoms with van der Waals surface area (Å²) in [5.74, 6) is 0.174. The van der Waals surface area contributed by atoms with E-state index in [0.29, 0.717) is 26.1 Å². The van der Waals surface area contributed by atoms with Gasteiger partial charge in [0.2, 0.25) is 5.91 Å². The normalized spacial score (nSPS) is 21.9. The maximum Gasteiger partial charge on any atom is 0.256 e. The number of hydrogen-bond donors (Lipinski definition) is 0. The Balaban J connectivity index is 1.65. The average molecular weight is 436 g/mol. The first-order valence-corrected chi connectivity index (χ1v) is 11.6. The van der Waals surface area contributed by atoms with Crippen LogP contribution in [0.2, 0.25) is 0 Å². The molecule has 1 aliphatic heterocycles. The summed E-state index contributed by atoms with van der Waals surface area (Å²) >= 11 is 0. The van der Waals surface area contributed by atoms with E-state index in [1.807, 2.05) is 35.2 Å². The molecule has 0 radical (unpaired) electrons. The van der Waals surface area contributed by atoms with Gasteiger partial charge in [-0.3, -0.25) is 14.6 Å². The second-order valence-electron chi connectivity index (χ2n) is 9.21. The lowest BCUT2D eigenvalue weighted by Gasteiger charge is -2.44. The lowest BCUT2D eigenvalue weighted by molar-refractivity contribution is -0.174. The van der Waals surface area contributed by atoms with Crippen LogP contribution in [0, 0.1) is 5.92 Å². The third kappa shape index (κ3) is 4.70. The molecular weight excluding hydrogens is 402 g/mol. The lowest BCUT2D eigenvalue weighted by Crippen LogP contribution is -2.62. The Labute approximate surface area is 190 Å². The molecule has 1 aromatic heterocycles. The highest BCUT2D eigenvalue weighted by atomic mass is 16.5. The molecule has 1 saturated carbocycles. The van der Waals surface area contributed by atoms with E-state index in [-0.39, 0.29) is 17.7 Å². The van der Waals surface area contributed by atoms with Gasteiger partial charge in [-0.05, 0) is 41.7 Å². The number of likely N-dealkylation sites (N-methyl/N-ethyl adjacent to an activating group) is 1. The predicted molar refractivity (Wildman–Crippen MR) is 124 cm³/mol. The molecule has 2 aliphatic rings. The van der Waals surface area contributed by atoms with Crippen molar-refractivity contribution in [3.63, 3.8) is 0 Å². The number of carbonyl (C=O) groups excluding carboxylic acids is 2. The predicted octanol–water partition coefficient (Wildman–Crippen LogP) is 3.56. The van der Waals surface area contributed by atoms with Crippen molar-refractivity contribution in [1.82, 2.24) is 14.8 Å². The number of pyridine rings is 1. The molecular formula is C26H33N3O3. The van der Waals surface area contributed by atoms with Gasteiger partial charge in [0.1, 0.15) is 0 Å². The van der Waals surface area contributed by atoms with E-state index in [1.165, 1.54) is 6.42 Å². The fourth-order valence-corrected chi connectivity index (χ4v) is 5.09. The van der Waals surface area contributed by atoms with Crippen LogP contribution in [-0.4, -0.2) is 66.0 Å². The van der Waals surface area contributed by atoms with E-state index in [4.69, 9.17) is 4.74 Å². The molecule has 1 aliphatic carbocycles. The Morgan fingerprint density at radius 1 is 1.09 bits per heavy atom. The van der Waals surface area contributed by atoms with E-state index >= 15 is 0 Å². The van der Waals surface area contributed by atoms with Crippen LogP contribution in [0.15, 0.2) is 48.8 Å². The summed E-state index contributed by atoms with van der Waals surface area (Å²) in [5.41, 5.74) is 2.05. The number of amides is 2. The van der Waals surface area contributed by atoms with Crippen LogP contribution in [-0.2, 0) is 20.7 Å². The van der Waals surface area contributed by atoms with Crippen LogP contribution in [0.4, 0.5) is 0 Å². The zero-order chi connectivity index (χ0) is 22.6. The Hall–Kier alpha value is -2.73. The molecule has 2 heterocycles. The van der Waals surface area contributed by atoms with Gasteiger partial charge in [-0.1, -0.05) is 43.5 Å². The number of benzene rings is 1. The molecule has 6 nitrogen and oxygen atoms in total. The number of aromatic nitrogens is 1. The molecule has 0 bridgehead atoms. The monoisotopic (exact) mass is 435 g/mol. The highest BCUT2D eigenvalue weighted by Crippen LogP contribution is 2.33. The first-order valence-electron chi connectivity index (χ1n) is 11.6. The number of rotatable bonds is 5. The zero-order valence-corrected chi connectivity index (χ0v) is 19.1. The number of nitrogens with zero attached hydrogens (tertiary/aromatic N) is 3. The number of morpholine rings is 1. The Morgan fingerprint density at radius 3 is 2.53 bits per heavy atom. The molecule has 1 atom stereocenters. The minimum atomic E-state index is -1.09. The van der Waals surface area contributed by atoms with E-state index in [9.17, 15) is 9.59 Å². The van der Waals surface area contributed by atoms with Crippen molar-refractivity contribution < 1.29 is 14.3 Å². The van der Waals surface area contributed by atoms with Crippen LogP contribution in [0.1, 0.15) is 37.7 Å². The van der Waals surface area contributed by atoms with Crippen LogP contribution < -0.4 is 0 Å². The van der Waals surface area contributed by atoms with Gasteiger partial charge >= 0.3 is 0 Å². The highest BCUT2D eigenvalue weighted by Gasteiger charge is 2.47. The lowest BCUT2D eigenvalue weighted by atomic mass is 9.85. The molecule has 4 rings (SSSR count). The van der Waals surface area contributed by atoms with E-state index in [1.54, 1.807) is 31.4 Å². The molecule has 170 valence electrons. The van der Waals surface area contributed by atoms with Crippen molar-refractivity contribution in [2.24, 2.45) is 5.92 Å². The topological polar surface area (TPSA) is 62.7 Å². The molecule has 0 spiro atoms. The van der Waals surface area contributed by atoms with Crippen molar-refractivity contribution in [1.29, 1.82) is 0 Å². The molecule has 6 heteroatoms. The quantitative estimate of drug-likeness (QED) is 0.721. The van der Waals surface area contributed by atoms with Crippen molar-refractivity contribution in [2.45, 2.75) is 44.1 Å². The first kappa shape index (κ1) is 22.5. The summed E-state index contributed by atoms with van der Waals surface area (Å²) in [5, 5.41) is 0. The van der Waals surface area contributed by atoms with Crippen molar-refractivity contribution in [2.75, 3.05) is 33.8 Å². The minimum Gasteiger partial charge on any atom is -0.361 e. The highest BCUT2D eigenvalue weighted by molar-refractivity contribution is 5.88. The van der Waals surface area contributed by atoms with Gasteiger partial charge in [-0.25, -0.2) is 0 Å². The Kier molecular flexibility index (Phi) is 6.89. The second kappa shape index (κ2) is 9.82. The smallest absolute Gasteiger partial charge is 0.256 e. The largest absolute Gasteiger partial charge is 0.361 e. The second-order valence-corrected chi connectivity index (χ2v) is 9.21. The summed E-state index contributed by atoms with van der Waals surface area (Å²) in [7, 11) is 3.51. The molecule has 1 saturated heterocycles. The summed E-state index contributed by atoms with van der Waals surface area (Å²) < 4.78 is 6.25. The number of carbonyl (C=O) groups is 2. The van der Waals surface area contributed by atoms with E-state index in [2.05, 4.69) is 11.1 Å². The Morgan fingerprint density at radius 2 is 1.81 bits per heavy atom. The van der Waals surface area contributed by atoms with Crippen molar-refractivity contribution in [3.8, 4) is 11.1 Å². The van der Waals surface area contributed by atoms with Gasteiger partial charge in [0, 0.05) is 45.4 Å². The summed E-state index contributed by atoms with van der Waals surface area (Å²) in [6.45, 7) is 1.21. The van der Waals surface area contributed by atoms with Crippen molar-refractivity contribution in [3.05, 3.63) is 54.4 Å². The number of hydrogen-bond acceptors (Lipinski definition) is 4. The van der Waals surface area contributed by atoms with Gasteiger partial charge < -0.3 is 14.5 Å². The summed E-state index contributed by atoms with van der Waals surface area (Å²) in [4.78, 5) is 34.4. The van der Waals surface area contributed by atoms with Crippen molar-refractivity contribution >= 4 is 11.8 Å². The first-order chi connectivity index (χ1) is 15.5. The zero-order valence-electron chi connectivity index (χ0n) is 19.1. The average Bonchev–Trinajstić information content (AvgIpc) is 2.84. The van der Waals surface area contributed by atoms with Crippen LogP contribution in [0.25, 0.3) is 11.1 Å². The molecule has 1 unspecified atom stereocenters. The summed E-state index contributed by atoms with van der Waals surface area (Å²) in [6.07, 6.45) is 9.30. The van der Waals surface area contributed by atoms with E-state index < -0.39 is 5.60 Å². The third-order valence-electron chi connectivity index (χ3n) is 6.73. The van der Waals surface area contributed by atoms with E-state index in [0.717, 1.165) is 42.4 Å². The van der Waals surface area contributed by atoms with Crippen LogP contribution >= 0.6 is 0 Å². The Bertz CT molecular complexity index is 940. The van der Waals surface area contributed by atoms with Crippen LogP contribution in [0.3, 0.4) is 0 Å². The summed E-state index contributed by atoms with van der Waals surface area (Å²) in [6, 6.07) is 12.0. The molecule has 2 aromatic rings. The minimum absolute atomic E-state index is 0.0816. The standard InChI is InChI=1S/C26H33N3O3/c1-28(2)25(31)26(18-22-10-6-7-11-23(22)20-12-14-27-15-13-20)19-29(16-17-32-26)24(30)21-8-4-3-5-9-21/h6-7,10-15,21H,3-5,8-9,16-19H2,1-2H3. The maximum atomic E-state index is 13.5. The van der Waals surface area contributed by atoms with Gasteiger partial charge in [0.25, 0.3) is 5.91 Å². The third-order valence-corrected chi connectivity index (χ3v) is 6.73. The van der Waals surface area contributed by atoms with Gasteiger partial charge in [0.05, 0.1) is 13.2 Å². The SMILES string of the molecule is CN(C)C(=O)C1(Cc2ccccc2-c2ccncc2)CN(C(=O)C2CCCCC2)CCO1. The molecule has 32 heavy (non-hydrogen) atoms.